The van der Waals surface area contributed by atoms with Crippen molar-refractivity contribution in [3.63, 3.8) is 0 Å². The summed E-state index contributed by atoms with van der Waals surface area (Å²) in [5.74, 6) is 1.42. The van der Waals surface area contributed by atoms with Gasteiger partial charge in [-0.25, -0.2) is 0 Å². The van der Waals surface area contributed by atoms with E-state index in [9.17, 15) is 0 Å². The van der Waals surface area contributed by atoms with Gasteiger partial charge in [-0.15, -0.1) is 11.6 Å². The largest absolute Gasteiger partial charge is 0.312 e. The standard InChI is InChI=1S/C16H26ClN/c1-3-5-7-14(4-2)12-18-13-16-9-6-8-15(10-16)11-17/h6,8-10,14,18H,3-5,7,11-13H2,1-2H3. The molecule has 1 atom stereocenters. The van der Waals surface area contributed by atoms with Gasteiger partial charge in [0.05, 0.1) is 0 Å². The highest BCUT2D eigenvalue weighted by Gasteiger charge is 2.05. The summed E-state index contributed by atoms with van der Waals surface area (Å²) in [6.45, 7) is 6.63. The lowest BCUT2D eigenvalue weighted by molar-refractivity contribution is 0.419. The fourth-order valence-corrected chi connectivity index (χ4v) is 2.35. The van der Waals surface area contributed by atoms with Crippen molar-refractivity contribution < 1.29 is 0 Å². The van der Waals surface area contributed by atoms with Crippen LogP contribution in [0, 0.1) is 5.92 Å². The fraction of sp³-hybridized carbons (Fsp3) is 0.625. The zero-order chi connectivity index (χ0) is 13.2. The van der Waals surface area contributed by atoms with Gasteiger partial charge in [0.1, 0.15) is 0 Å². The molecule has 0 aliphatic heterocycles. The number of rotatable bonds is 9. The Labute approximate surface area is 117 Å². The number of unbranched alkanes of at least 4 members (excludes halogenated alkanes) is 1. The van der Waals surface area contributed by atoms with E-state index in [1.165, 1.54) is 36.8 Å². The van der Waals surface area contributed by atoms with Gasteiger partial charge in [0.25, 0.3) is 0 Å². The highest BCUT2D eigenvalue weighted by molar-refractivity contribution is 6.17. The van der Waals surface area contributed by atoms with Gasteiger partial charge in [-0.05, 0) is 30.0 Å². The third-order valence-electron chi connectivity index (χ3n) is 3.45. The predicted octanol–water partition coefficient (Wildman–Crippen LogP) is 4.73. The second kappa shape index (κ2) is 9.41. The van der Waals surface area contributed by atoms with Crippen molar-refractivity contribution in [2.45, 2.75) is 52.0 Å². The molecule has 0 bridgehead atoms. The second-order valence-electron chi connectivity index (χ2n) is 5.00. The van der Waals surface area contributed by atoms with Crippen LogP contribution < -0.4 is 5.32 Å². The van der Waals surface area contributed by atoms with Gasteiger partial charge in [0.2, 0.25) is 0 Å². The van der Waals surface area contributed by atoms with E-state index in [-0.39, 0.29) is 0 Å². The maximum Gasteiger partial charge on any atom is 0.0474 e. The molecule has 0 saturated carbocycles. The lowest BCUT2D eigenvalue weighted by Crippen LogP contribution is -2.22. The van der Waals surface area contributed by atoms with E-state index >= 15 is 0 Å². The summed E-state index contributed by atoms with van der Waals surface area (Å²) in [6.07, 6.45) is 5.27. The molecule has 102 valence electrons. The summed E-state index contributed by atoms with van der Waals surface area (Å²) in [7, 11) is 0. The molecular formula is C16H26ClN. The quantitative estimate of drug-likeness (QED) is 0.638. The third kappa shape index (κ3) is 5.88. The Kier molecular flexibility index (Phi) is 8.11. The first-order valence-corrected chi connectivity index (χ1v) is 7.68. The molecule has 1 unspecified atom stereocenters. The second-order valence-corrected chi connectivity index (χ2v) is 5.27. The van der Waals surface area contributed by atoms with Crippen molar-refractivity contribution in [2.75, 3.05) is 6.54 Å². The van der Waals surface area contributed by atoms with Gasteiger partial charge in [0, 0.05) is 12.4 Å². The molecule has 0 aliphatic carbocycles. The summed E-state index contributed by atoms with van der Waals surface area (Å²) in [6, 6.07) is 8.51. The molecule has 0 radical (unpaired) electrons. The average Bonchev–Trinajstić information content (AvgIpc) is 2.43. The number of hydrogen-bond donors (Lipinski definition) is 1. The first-order chi connectivity index (χ1) is 8.80. The van der Waals surface area contributed by atoms with Crippen molar-refractivity contribution in [3.8, 4) is 0 Å². The van der Waals surface area contributed by atoms with Gasteiger partial charge in [-0.3, -0.25) is 0 Å². The van der Waals surface area contributed by atoms with Crippen molar-refractivity contribution >= 4 is 11.6 Å². The zero-order valence-electron chi connectivity index (χ0n) is 11.7. The Morgan fingerprint density at radius 1 is 1.22 bits per heavy atom. The van der Waals surface area contributed by atoms with Crippen LogP contribution in [0.25, 0.3) is 0 Å². The lowest BCUT2D eigenvalue weighted by Gasteiger charge is -2.15. The van der Waals surface area contributed by atoms with Gasteiger partial charge < -0.3 is 5.32 Å². The van der Waals surface area contributed by atoms with E-state index in [4.69, 9.17) is 11.6 Å². The first-order valence-electron chi connectivity index (χ1n) is 7.14. The van der Waals surface area contributed by atoms with E-state index in [2.05, 4.69) is 43.4 Å². The molecule has 1 N–H and O–H groups in total. The van der Waals surface area contributed by atoms with E-state index in [1.807, 2.05) is 0 Å². The molecule has 0 saturated heterocycles. The number of hydrogen-bond acceptors (Lipinski definition) is 1. The van der Waals surface area contributed by atoms with Crippen LogP contribution in [-0.2, 0) is 12.4 Å². The Bertz CT molecular complexity index is 325. The maximum absolute atomic E-state index is 5.84. The molecule has 0 aromatic heterocycles. The molecule has 1 rings (SSSR count). The predicted molar refractivity (Wildman–Crippen MR) is 81.0 cm³/mol. The zero-order valence-corrected chi connectivity index (χ0v) is 12.5. The highest BCUT2D eigenvalue weighted by Crippen LogP contribution is 2.12. The topological polar surface area (TPSA) is 12.0 Å². The Morgan fingerprint density at radius 3 is 2.67 bits per heavy atom. The van der Waals surface area contributed by atoms with E-state index in [1.54, 1.807) is 0 Å². The number of benzene rings is 1. The van der Waals surface area contributed by atoms with Crippen LogP contribution in [0.4, 0.5) is 0 Å². The van der Waals surface area contributed by atoms with Crippen LogP contribution >= 0.6 is 11.6 Å². The minimum atomic E-state index is 0.599. The molecular weight excluding hydrogens is 242 g/mol. The Balaban J connectivity index is 2.30. The number of alkyl halides is 1. The maximum atomic E-state index is 5.84. The molecule has 1 aromatic rings. The van der Waals surface area contributed by atoms with Crippen molar-refractivity contribution in [1.82, 2.24) is 5.32 Å². The normalized spacial score (nSPS) is 12.6. The van der Waals surface area contributed by atoms with Crippen LogP contribution in [0.5, 0.6) is 0 Å². The minimum Gasteiger partial charge on any atom is -0.312 e. The Morgan fingerprint density at radius 2 is 2.00 bits per heavy atom. The van der Waals surface area contributed by atoms with Gasteiger partial charge in [0.15, 0.2) is 0 Å². The molecule has 2 heteroatoms. The molecule has 18 heavy (non-hydrogen) atoms. The van der Waals surface area contributed by atoms with Crippen LogP contribution in [0.15, 0.2) is 24.3 Å². The summed E-state index contributed by atoms with van der Waals surface area (Å²) in [5.41, 5.74) is 2.53. The van der Waals surface area contributed by atoms with E-state index in [0.717, 1.165) is 19.0 Å². The van der Waals surface area contributed by atoms with Gasteiger partial charge >= 0.3 is 0 Å². The highest BCUT2D eigenvalue weighted by atomic mass is 35.5. The summed E-state index contributed by atoms with van der Waals surface area (Å²) in [5, 5.41) is 3.57. The smallest absolute Gasteiger partial charge is 0.0474 e. The molecule has 1 aromatic carbocycles. The van der Waals surface area contributed by atoms with Crippen molar-refractivity contribution in [3.05, 3.63) is 35.4 Å². The third-order valence-corrected chi connectivity index (χ3v) is 3.76. The number of nitrogens with one attached hydrogen (secondary N) is 1. The summed E-state index contributed by atoms with van der Waals surface area (Å²) in [4.78, 5) is 0. The monoisotopic (exact) mass is 267 g/mol. The Hall–Kier alpha value is -0.530. The molecule has 0 heterocycles. The lowest BCUT2D eigenvalue weighted by atomic mass is 9.99. The molecule has 0 amide bonds. The number of halogens is 1. The average molecular weight is 268 g/mol. The minimum absolute atomic E-state index is 0.599. The van der Waals surface area contributed by atoms with E-state index < -0.39 is 0 Å². The van der Waals surface area contributed by atoms with Gasteiger partial charge in [-0.1, -0.05) is 57.4 Å². The summed E-state index contributed by atoms with van der Waals surface area (Å²) < 4.78 is 0. The fourth-order valence-electron chi connectivity index (χ4n) is 2.19. The van der Waals surface area contributed by atoms with Crippen molar-refractivity contribution in [1.29, 1.82) is 0 Å². The molecule has 0 spiro atoms. The molecule has 0 fully saturated rings. The first kappa shape index (κ1) is 15.5. The molecule has 1 nitrogen and oxygen atoms in total. The van der Waals surface area contributed by atoms with Gasteiger partial charge in [-0.2, -0.15) is 0 Å². The summed E-state index contributed by atoms with van der Waals surface area (Å²) >= 11 is 5.84. The molecule has 0 aliphatic rings. The SMILES string of the molecule is CCCCC(CC)CNCc1cccc(CCl)c1. The van der Waals surface area contributed by atoms with Crippen LogP contribution in [0.2, 0.25) is 0 Å². The van der Waals surface area contributed by atoms with E-state index in [0.29, 0.717) is 5.88 Å². The van der Waals surface area contributed by atoms with Crippen LogP contribution in [0.3, 0.4) is 0 Å². The van der Waals surface area contributed by atoms with Crippen molar-refractivity contribution in [2.24, 2.45) is 5.92 Å². The van der Waals surface area contributed by atoms with Crippen LogP contribution in [-0.4, -0.2) is 6.54 Å². The van der Waals surface area contributed by atoms with Crippen LogP contribution in [0.1, 0.15) is 50.7 Å².